The molecule has 9 heteroatoms. The largest absolute Gasteiger partial charge is 0.481 e. The number of H-pyrrole nitrogens is 1. The summed E-state index contributed by atoms with van der Waals surface area (Å²) in [5.41, 5.74) is -0.384. The molecule has 0 aliphatic heterocycles. The van der Waals surface area contributed by atoms with Crippen LogP contribution in [0.5, 0.6) is 0 Å². The molecule has 24 heavy (non-hydrogen) atoms. The molecule has 1 aromatic carbocycles. The van der Waals surface area contributed by atoms with Crippen molar-refractivity contribution in [2.24, 2.45) is 5.92 Å². The van der Waals surface area contributed by atoms with Gasteiger partial charge in [0.05, 0.1) is 11.5 Å². The third kappa shape index (κ3) is 4.30. The standard InChI is InChI=1S/C15H17F3N4O2/c1-2-4-11(14(23)24)12(13-19-21-22-20-13)8-9-5-3-6-10(7-9)15(16,17)18/h3,5-7,11-12H,2,4,8H2,1H3,(H,23,24)(H,19,20,21,22)/t11-,12-/m0/s1. The first-order chi connectivity index (χ1) is 11.3. The van der Waals surface area contributed by atoms with Crippen molar-refractivity contribution in [3.63, 3.8) is 0 Å². The number of nitrogens with zero attached hydrogens (tertiary/aromatic N) is 3. The molecule has 0 aliphatic carbocycles. The van der Waals surface area contributed by atoms with E-state index in [1.165, 1.54) is 12.1 Å². The number of hydrogen-bond donors (Lipinski definition) is 2. The molecule has 0 spiro atoms. The molecule has 130 valence electrons. The van der Waals surface area contributed by atoms with Gasteiger partial charge in [-0.15, -0.1) is 5.10 Å². The fourth-order valence-electron chi connectivity index (χ4n) is 2.69. The number of aliphatic carboxylic acids is 1. The SMILES string of the molecule is CCC[C@H](C(=O)O)[C@H](Cc1cccc(C(F)(F)F)c1)c1nnn[nH]1. The minimum absolute atomic E-state index is 0.0950. The number of halogens is 3. The zero-order chi connectivity index (χ0) is 17.7. The molecule has 2 rings (SSSR count). The zero-order valence-electron chi connectivity index (χ0n) is 12.9. The van der Waals surface area contributed by atoms with Crippen LogP contribution in [-0.4, -0.2) is 31.7 Å². The lowest BCUT2D eigenvalue weighted by molar-refractivity contribution is -0.143. The van der Waals surface area contributed by atoms with E-state index in [9.17, 15) is 23.1 Å². The average molecular weight is 342 g/mol. The Balaban J connectivity index is 2.34. The Hall–Kier alpha value is -2.45. The Labute approximate surface area is 136 Å². The van der Waals surface area contributed by atoms with Gasteiger partial charge in [0.1, 0.15) is 0 Å². The minimum atomic E-state index is -4.45. The van der Waals surface area contributed by atoms with Crippen LogP contribution in [0.3, 0.4) is 0 Å². The summed E-state index contributed by atoms with van der Waals surface area (Å²) in [4.78, 5) is 11.6. The van der Waals surface area contributed by atoms with E-state index in [1.807, 2.05) is 6.92 Å². The van der Waals surface area contributed by atoms with E-state index in [0.29, 0.717) is 18.4 Å². The number of carboxylic acids is 1. The summed E-state index contributed by atoms with van der Waals surface area (Å²) in [6.45, 7) is 1.84. The molecule has 0 unspecified atom stereocenters. The number of hydrogen-bond acceptors (Lipinski definition) is 4. The maximum absolute atomic E-state index is 12.9. The van der Waals surface area contributed by atoms with Crippen LogP contribution in [0.15, 0.2) is 24.3 Å². The first-order valence-electron chi connectivity index (χ1n) is 7.45. The quantitative estimate of drug-likeness (QED) is 0.807. The van der Waals surface area contributed by atoms with E-state index in [1.54, 1.807) is 0 Å². The van der Waals surface area contributed by atoms with Gasteiger partial charge >= 0.3 is 12.1 Å². The van der Waals surface area contributed by atoms with Crippen molar-refractivity contribution in [2.45, 2.75) is 38.3 Å². The molecule has 2 atom stereocenters. The van der Waals surface area contributed by atoms with E-state index in [-0.39, 0.29) is 12.2 Å². The number of benzene rings is 1. The van der Waals surface area contributed by atoms with E-state index < -0.39 is 29.5 Å². The Morgan fingerprint density at radius 1 is 1.38 bits per heavy atom. The molecular formula is C15H17F3N4O2. The Kier molecular flexibility index (Phi) is 5.53. The molecule has 1 aromatic heterocycles. The normalized spacial score (nSPS) is 14.3. The fourth-order valence-corrected chi connectivity index (χ4v) is 2.69. The number of rotatable bonds is 7. The Morgan fingerprint density at radius 2 is 2.12 bits per heavy atom. The maximum atomic E-state index is 12.9. The van der Waals surface area contributed by atoms with Gasteiger partial charge in [0.25, 0.3) is 0 Å². The monoisotopic (exact) mass is 342 g/mol. The summed E-state index contributed by atoms with van der Waals surface area (Å²) >= 11 is 0. The molecule has 0 saturated heterocycles. The van der Waals surface area contributed by atoms with E-state index in [4.69, 9.17) is 0 Å². The number of nitrogens with one attached hydrogen (secondary N) is 1. The van der Waals surface area contributed by atoms with Crippen molar-refractivity contribution in [1.29, 1.82) is 0 Å². The molecule has 6 nitrogen and oxygen atoms in total. The van der Waals surface area contributed by atoms with E-state index >= 15 is 0 Å². The van der Waals surface area contributed by atoms with Gasteiger partial charge in [0.15, 0.2) is 5.82 Å². The van der Waals surface area contributed by atoms with E-state index in [2.05, 4.69) is 20.6 Å². The van der Waals surface area contributed by atoms with Gasteiger partial charge in [-0.1, -0.05) is 31.5 Å². The lowest BCUT2D eigenvalue weighted by Crippen LogP contribution is -2.25. The van der Waals surface area contributed by atoms with E-state index in [0.717, 1.165) is 12.1 Å². The van der Waals surface area contributed by atoms with Gasteiger partial charge in [-0.05, 0) is 34.9 Å². The highest BCUT2D eigenvalue weighted by atomic mass is 19.4. The number of aromatic amines is 1. The van der Waals surface area contributed by atoms with Crippen LogP contribution >= 0.6 is 0 Å². The molecule has 0 fully saturated rings. The minimum Gasteiger partial charge on any atom is -0.481 e. The lowest BCUT2D eigenvalue weighted by atomic mass is 9.83. The smallest absolute Gasteiger partial charge is 0.416 e. The van der Waals surface area contributed by atoms with Crippen molar-refractivity contribution in [1.82, 2.24) is 20.6 Å². The third-order valence-corrected chi connectivity index (χ3v) is 3.83. The first kappa shape index (κ1) is 17.9. The van der Waals surface area contributed by atoms with Crippen molar-refractivity contribution in [3.8, 4) is 0 Å². The highest BCUT2D eigenvalue weighted by Crippen LogP contribution is 2.33. The number of carboxylic acid groups (broad SMARTS) is 1. The lowest BCUT2D eigenvalue weighted by Gasteiger charge is -2.21. The van der Waals surface area contributed by atoms with Crippen LogP contribution in [0.2, 0.25) is 0 Å². The highest BCUT2D eigenvalue weighted by molar-refractivity contribution is 5.71. The van der Waals surface area contributed by atoms with Crippen molar-refractivity contribution >= 4 is 5.97 Å². The van der Waals surface area contributed by atoms with Gasteiger partial charge < -0.3 is 5.11 Å². The molecule has 0 radical (unpaired) electrons. The van der Waals surface area contributed by atoms with Crippen LogP contribution in [-0.2, 0) is 17.4 Å². The van der Waals surface area contributed by atoms with Gasteiger partial charge in [-0.3, -0.25) is 4.79 Å². The second-order valence-corrected chi connectivity index (χ2v) is 5.53. The first-order valence-corrected chi connectivity index (χ1v) is 7.45. The van der Waals surface area contributed by atoms with Gasteiger partial charge in [-0.25, -0.2) is 5.10 Å². The summed E-state index contributed by atoms with van der Waals surface area (Å²) < 4.78 is 38.6. The van der Waals surface area contributed by atoms with Gasteiger partial charge in [0, 0.05) is 5.92 Å². The predicted octanol–water partition coefficient (Wildman–Crippen LogP) is 3.05. The highest BCUT2D eigenvalue weighted by Gasteiger charge is 2.33. The molecule has 1 heterocycles. The Morgan fingerprint density at radius 3 is 2.67 bits per heavy atom. The number of carbonyl (C=O) groups is 1. The zero-order valence-corrected chi connectivity index (χ0v) is 12.9. The topological polar surface area (TPSA) is 91.8 Å². The fraction of sp³-hybridized carbons (Fsp3) is 0.467. The second-order valence-electron chi connectivity index (χ2n) is 5.53. The third-order valence-electron chi connectivity index (χ3n) is 3.83. The molecule has 0 aliphatic rings. The summed E-state index contributed by atoms with van der Waals surface area (Å²) in [6, 6.07) is 4.86. The number of alkyl halides is 3. The van der Waals surface area contributed by atoms with Crippen LogP contribution in [0.1, 0.15) is 42.6 Å². The van der Waals surface area contributed by atoms with Crippen LogP contribution in [0.4, 0.5) is 13.2 Å². The molecular weight excluding hydrogens is 325 g/mol. The van der Waals surface area contributed by atoms with Gasteiger partial charge in [-0.2, -0.15) is 13.2 Å². The summed E-state index contributed by atoms with van der Waals surface area (Å²) in [7, 11) is 0. The van der Waals surface area contributed by atoms with Crippen LogP contribution in [0.25, 0.3) is 0 Å². The average Bonchev–Trinajstić information content (AvgIpc) is 3.04. The number of tetrazole rings is 1. The molecule has 2 N–H and O–H groups in total. The summed E-state index contributed by atoms with van der Waals surface area (Å²) in [5.74, 6) is -2.20. The summed E-state index contributed by atoms with van der Waals surface area (Å²) in [6.07, 6.45) is -3.36. The molecule has 0 saturated carbocycles. The predicted molar refractivity (Wildman–Crippen MR) is 78.1 cm³/mol. The molecule has 0 bridgehead atoms. The molecule has 0 amide bonds. The summed E-state index contributed by atoms with van der Waals surface area (Å²) in [5, 5.41) is 22.7. The van der Waals surface area contributed by atoms with Crippen molar-refractivity contribution in [3.05, 3.63) is 41.2 Å². The van der Waals surface area contributed by atoms with Crippen LogP contribution in [0, 0.1) is 5.92 Å². The van der Waals surface area contributed by atoms with Crippen molar-refractivity contribution in [2.75, 3.05) is 0 Å². The maximum Gasteiger partial charge on any atom is 0.416 e. The van der Waals surface area contributed by atoms with Gasteiger partial charge in [0.2, 0.25) is 0 Å². The second kappa shape index (κ2) is 7.41. The van der Waals surface area contributed by atoms with Crippen LogP contribution < -0.4 is 0 Å². The van der Waals surface area contributed by atoms with Crippen molar-refractivity contribution < 1.29 is 23.1 Å². The Bertz CT molecular complexity index is 674. The molecule has 2 aromatic rings. The number of aromatic nitrogens is 4.